The summed E-state index contributed by atoms with van der Waals surface area (Å²) in [6, 6.07) is 5.05. The predicted octanol–water partition coefficient (Wildman–Crippen LogP) is 4.26. The first-order valence-corrected chi connectivity index (χ1v) is 5.04. The molecule has 0 amide bonds. The van der Waals surface area contributed by atoms with Crippen LogP contribution in [0.1, 0.15) is 12.5 Å². The molecule has 0 aliphatic carbocycles. The number of hydrogen-bond donors (Lipinski definition) is 1. The van der Waals surface area contributed by atoms with Gasteiger partial charge >= 0.3 is 6.18 Å². The minimum absolute atomic E-state index is 0.421. The highest BCUT2D eigenvalue weighted by atomic mass is 35.5. The quantitative estimate of drug-likeness (QED) is 0.844. The van der Waals surface area contributed by atoms with E-state index >= 15 is 0 Å². The van der Waals surface area contributed by atoms with Crippen LogP contribution >= 0.6 is 11.6 Å². The van der Waals surface area contributed by atoms with E-state index in [0.717, 1.165) is 17.7 Å². The van der Waals surface area contributed by atoms with Crippen molar-refractivity contribution < 1.29 is 13.2 Å². The van der Waals surface area contributed by atoms with Gasteiger partial charge in [0.2, 0.25) is 0 Å². The Labute approximate surface area is 96.9 Å². The van der Waals surface area contributed by atoms with Crippen LogP contribution < -0.4 is 5.32 Å². The van der Waals surface area contributed by atoms with E-state index in [1.54, 1.807) is 13.0 Å². The van der Waals surface area contributed by atoms with E-state index in [2.05, 4.69) is 5.32 Å². The summed E-state index contributed by atoms with van der Waals surface area (Å²) in [5.74, 6) is 0. The Morgan fingerprint density at radius 1 is 1.44 bits per heavy atom. The zero-order valence-corrected chi connectivity index (χ0v) is 9.36. The third-order valence-corrected chi connectivity index (χ3v) is 2.32. The summed E-state index contributed by atoms with van der Waals surface area (Å²) < 4.78 is 37.1. The molecule has 0 spiro atoms. The lowest BCUT2D eigenvalue weighted by Crippen LogP contribution is -2.07. The number of halogens is 4. The van der Waals surface area contributed by atoms with E-state index in [-0.39, 0.29) is 0 Å². The van der Waals surface area contributed by atoms with Gasteiger partial charge in [0.15, 0.2) is 0 Å². The molecule has 0 radical (unpaired) electrons. The average molecular weight is 250 g/mol. The second kappa shape index (κ2) is 5.25. The topological polar surface area (TPSA) is 12.0 Å². The minimum Gasteiger partial charge on any atom is -0.381 e. The van der Waals surface area contributed by atoms with E-state index in [9.17, 15) is 13.2 Å². The highest BCUT2D eigenvalue weighted by Crippen LogP contribution is 2.30. The predicted molar refractivity (Wildman–Crippen MR) is 59.5 cm³/mol. The molecule has 5 heteroatoms. The zero-order valence-electron chi connectivity index (χ0n) is 8.61. The van der Waals surface area contributed by atoms with Crippen LogP contribution in [-0.2, 0) is 6.18 Å². The number of rotatable bonds is 3. The molecule has 16 heavy (non-hydrogen) atoms. The maximum absolute atomic E-state index is 12.4. The summed E-state index contributed by atoms with van der Waals surface area (Å²) in [5, 5.41) is 2.86. The van der Waals surface area contributed by atoms with Gasteiger partial charge in [-0.15, -0.1) is 0 Å². The molecule has 1 nitrogen and oxygen atoms in total. The maximum Gasteiger partial charge on any atom is 0.416 e. The van der Waals surface area contributed by atoms with Crippen molar-refractivity contribution >= 4 is 17.3 Å². The van der Waals surface area contributed by atoms with Crippen LogP contribution in [0.2, 0.25) is 0 Å². The van der Waals surface area contributed by atoms with Crippen molar-refractivity contribution in [1.82, 2.24) is 0 Å². The van der Waals surface area contributed by atoms with Gasteiger partial charge in [-0.1, -0.05) is 17.7 Å². The highest BCUT2D eigenvalue weighted by Gasteiger charge is 2.30. The first kappa shape index (κ1) is 12.9. The lowest BCUT2D eigenvalue weighted by Gasteiger charge is -2.10. The molecular formula is C11H11ClF3N. The monoisotopic (exact) mass is 249 g/mol. The summed E-state index contributed by atoms with van der Waals surface area (Å²) in [4.78, 5) is 0. The van der Waals surface area contributed by atoms with Crippen LogP contribution in [0.15, 0.2) is 35.4 Å². The summed E-state index contributed by atoms with van der Waals surface area (Å²) in [6.45, 7) is 2.21. The second-order valence-corrected chi connectivity index (χ2v) is 3.61. The molecule has 1 aromatic carbocycles. The molecule has 0 aliphatic heterocycles. The SMILES string of the molecule is C/C(=C/Cl)CNc1cccc(C(F)(F)F)c1. The van der Waals surface area contributed by atoms with Crippen LogP contribution in [0.4, 0.5) is 18.9 Å². The Morgan fingerprint density at radius 2 is 2.12 bits per heavy atom. The molecule has 0 bridgehead atoms. The van der Waals surface area contributed by atoms with Gasteiger partial charge < -0.3 is 5.32 Å². The molecule has 1 aromatic rings. The third kappa shape index (κ3) is 3.77. The van der Waals surface area contributed by atoms with Gasteiger partial charge in [0, 0.05) is 17.8 Å². The Balaban J connectivity index is 2.76. The van der Waals surface area contributed by atoms with E-state index in [1.807, 2.05) is 0 Å². The van der Waals surface area contributed by atoms with E-state index in [4.69, 9.17) is 11.6 Å². The fourth-order valence-electron chi connectivity index (χ4n) is 1.09. The summed E-state index contributed by atoms with van der Waals surface area (Å²) in [7, 11) is 0. The largest absolute Gasteiger partial charge is 0.416 e. The first-order chi connectivity index (χ1) is 7.43. The number of anilines is 1. The molecule has 0 aliphatic rings. The number of alkyl halides is 3. The molecule has 0 aromatic heterocycles. The molecule has 1 rings (SSSR count). The minimum atomic E-state index is -4.31. The molecule has 0 heterocycles. The van der Waals surface area contributed by atoms with Gasteiger partial charge in [0.25, 0.3) is 0 Å². The Kier molecular flexibility index (Phi) is 4.24. The van der Waals surface area contributed by atoms with Gasteiger partial charge in [-0.2, -0.15) is 13.2 Å². The van der Waals surface area contributed by atoms with Crippen molar-refractivity contribution in [1.29, 1.82) is 0 Å². The second-order valence-electron chi connectivity index (χ2n) is 3.39. The van der Waals surface area contributed by atoms with E-state index in [0.29, 0.717) is 12.2 Å². The van der Waals surface area contributed by atoms with Gasteiger partial charge in [-0.3, -0.25) is 0 Å². The Bertz CT molecular complexity index is 385. The van der Waals surface area contributed by atoms with Crippen LogP contribution in [0.3, 0.4) is 0 Å². The normalized spacial score (nSPS) is 12.7. The Morgan fingerprint density at radius 3 is 2.69 bits per heavy atom. The molecule has 0 unspecified atom stereocenters. The van der Waals surface area contributed by atoms with Crippen LogP contribution in [0.25, 0.3) is 0 Å². The van der Waals surface area contributed by atoms with Crippen LogP contribution in [0.5, 0.6) is 0 Å². The van der Waals surface area contributed by atoms with Gasteiger partial charge in [-0.05, 0) is 30.7 Å². The maximum atomic E-state index is 12.4. The smallest absolute Gasteiger partial charge is 0.381 e. The highest BCUT2D eigenvalue weighted by molar-refractivity contribution is 6.25. The van der Waals surface area contributed by atoms with Crippen molar-refractivity contribution in [2.75, 3.05) is 11.9 Å². The number of benzene rings is 1. The number of hydrogen-bond acceptors (Lipinski definition) is 1. The zero-order chi connectivity index (χ0) is 12.2. The first-order valence-electron chi connectivity index (χ1n) is 4.60. The van der Waals surface area contributed by atoms with Crippen molar-refractivity contribution in [3.63, 3.8) is 0 Å². The summed E-state index contributed by atoms with van der Waals surface area (Å²) in [6.07, 6.45) is -4.31. The molecule has 0 atom stereocenters. The Hall–Kier alpha value is -1.16. The van der Waals surface area contributed by atoms with Crippen LogP contribution in [-0.4, -0.2) is 6.54 Å². The number of nitrogens with one attached hydrogen (secondary N) is 1. The van der Waals surface area contributed by atoms with Gasteiger partial charge in [0.05, 0.1) is 5.56 Å². The van der Waals surface area contributed by atoms with Crippen molar-refractivity contribution in [2.24, 2.45) is 0 Å². The molecule has 0 fully saturated rings. The third-order valence-electron chi connectivity index (χ3n) is 1.95. The summed E-state index contributed by atoms with van der Waals surface area (Å²) >= 11 is 5.44. The summed E-state index contributed by atoms with van der Waals surface area (Å²) in [5.41, 5.74) is 2.00. The van der Waals surface area contributed by atoms with Gasteiger partial charge in [0.1, 0.15) is 0 Å². The van der Waals surface area contributed by atoms with Gasteiger partial charge in [-0.25, -0.2) is 0 Å². The lowest BCUT2D eigenvalue weighted by molar-refractivity contribution is -0.137. The van der Waals surface area contributed by atoms with Crippen molar-refractivity contribution in [3.8, 4) is 0 Å². The van der Waals surface area contributed by atoms with Crippen LogP contribution in [0, 0.1) is 0 Å². The molecule has 1 N–H and O–H groups in total. The van der Waals surface area contributed by atoms with E-state index < -0.39 is 11.7 Å². The average Bonchev–Trinajstić information content (AvgIpc) is 2.25. The molecule has 88 valence electrons. The van der Waals surface area contributed by atoms with Crippen molar-refractivity contribution in [3.05, 3.63) is 40.9 Å². The van der Waals surface area contributed by atoms with Crippen molar-refractivity contribution in [2.45, 2.75) is 13.1 Å². The van der Waals surface area contributed by atoms with E-state index in [1.165, 1.54) is 11.6 Å². The standard InChI is InChI=1S/C11H11ClF3N/c1-8(6-12)7-16-10-4-2-3-9(5-10)11(13,14)15/h2-6,16H,7H2,1H3/b8-6-. The fourth-order valence-corrected chi connectivity index (χ4v) is 1.16. The molecular weight excluding hydrogens is 239 g/mol. The fraction of sp³-hybridized carbons (Fsp3) is 0.273. The lowest BCUT2D eigenvalue weighted by atomic mass is 10.2. The molecule has 0 saturated heterocycles. The molecule has 0 saturated carbocycles.